The first-order valence-electron chi connectivity index (χ1n) is 8.09. The van der Waals surface area contributed by atoms with Gasteiger partial charge in [-0.1, -0.05) is 36.4 Å². The Hall–Kier alpha value is -2.41. The number of carboxylic acids is 1. The molecule has 0 bridgehead atoms. The number of carbonyl (C=O) groups excluding carboxylic acids is 1. The van der Waals surface area contributed by atoms with Gasteiger partial charge < -0.3 is 14.7 Å². The lowest BCUT2D eigenvalue weighted by Crippen LogP contribution is -2.30. The summed E-state index contributed by atoms with van der Waals surface area (Å²) in [6.07, 6.45) is -0.569. The summed E-state index contributed by atoms with van der Waals surface area (Å²) in [4.78, 5) is 25.3. The topological polar surface area (TPSA) is 66.8 Å². The van der Waals surface area contributed by atoms with Gasteiger partial charge in [0.15, 0.2) is 0 Å². The molecule has 3 rings (SSSR count). The van der Waals surface area contributed by atoms with Crippen molar-refractivity contribution in [1.29, 1.82) is 0 Å². The lowest BCUT2D eigenvalue weighted by atomic mass is 9.89. The van der Waals surface area contributed by atoms with Crippen molar-refractivity contribution in [3.05, 3.63) is 69.9 Å². The summed E-state index contributed by atoms with van der Waals surface area (Å²) in [5, 5.41) is 9.49. The Morgan fingerprint density at radius 3 is 2.58 bits per heavy atom. The van der Waals surface area contributed by atoms with Crippen LogP contribution in [-0.4, -0.2) is 35.2 Å². The molecule has 136 valence electrons. The van der Waals surface area contributed by atoms with Crippen LogP contribution in [0.4, 0.5) is 9.18 Å². The molecule has 0 unspecified atom stereocenters. The van der Waals surface area contributed by atoms with Crippen molar-refractivity contribution in [1.82, 2.24) is 4.90 Å². The summed E-state index contributed by atoms with van der Waals surface area (Å²) < 4.78 is 19.4. The molecule has 1 aliphatic rings. The number of likely N-dealkylation sites (tertiary alicyclic amines) is 1. The molecular formula is C19H17BrFNO4. The normalized spacial score (nSPS) is 19.4. The Morgan fingerprint density at radius 1 is 1.19 bits per heavy atom. The maximum Gasteiger partial charge on any atom is 0.410 e. The average molecular weight is 422 g/mol. The zero-order valence-corrected chi connectivity index (χ0v) is 15.4. The summed E-state index contributed by atoms with van der Waals surface area (Å²) in [5.41, 5.74) is 1.40. The van der Waals surface area contributed by atoms with Crippen LogP contribution in [0.25, 0.3) is 0 Å². The molecule has 1 amide bonds. The standard InChI is InChI=1S/C19H17BrFNO4/c20-16-7-6-13(8-17(16)21)14-9-22(10-15(14)18(23)24)19(25)26-11-12-4-2-1-3-5-12/h1-8,14-15H,9-11H2,(H,23,24)/t14-,15+/m0/s1. The number of rotatable bonds is 4. The summed E-state index contributed by atoms with van der Waals surface area (Å²) in [7, 11) is 0. The number of nitrogens with zero attached hydrogens (tertiary/aromatic N) is 1. The highest BCUT2D eigenvalue weighted by atomic mass is 79.9. The SMILES string of the molecule is O=C(O)[C@@H]1CN(C(=O)OCc2ccccc2)C[C@H]1c1ccc(Br)c(F)c1. The third-order valence-corrected chi connectivity index (χ3v) is 5.12. The highest BCUT2D eigenvalue weighted by molar-refractivity contribution is 9.10. The third kappa shape index (κ3) is 4.04. The van der Waals surface area contributed by atoms with Gasteiger partial charge in [-0.05, 0) is 39.2 Å². The Morgan fingerprint density at radius 2 is 1.92 bits per heavy atom. The van der Waals surface area contributed by atoms with Crippen molar-refractivity contribution in [2.45, 2.75) is 12.5 Å². The van der Waals surface area contributed by atoms with E-state index in [1.165, 1.54) is 11.0 Å². The van der Waals surface area contributed by atoms with Gasteiger partial charge in [0, 0.05) is 19.0 Å². The molecule has 0 aliphatic carbocycles. The van der Waals surface area contributed by atoms with Gasteiger partial charge in [-0.25, -0.2) is 9.18 Å². The number of aliphatic carboxylic acids is 1. The molecule has 2 aromatic rings. The maximum atomic E-state index is 13.8. The van der Waals surface area contributed by atoms with Gasteiger partial charge in [0.05, 0.1) is 10.4 Å². The van der Waals surface area contributed by atoms with Crippen LogP contribution in [0.3, 0.4) is 0 Å². The minimum atomic E-state index is -1.02. The fourth-order valence-electron chi connectivity index (χ4n) is 3.09. The zero-order chi connectivity index (χ0) is 18.7. The molecule has 0 saturated carbocycles. The molecule has 0 radical (unpaired) electrons. The van der Waals surface area contributed by atoms with E-state index in [2.05, 4.69) is 15.9 Å². The highest BCUT2D eigenvalue weighted by Gasteiger charge is 2.41. The molecule has 1 N–H and O–H groups in total. The first-order valence-corrected chi connectivity index (χ1v) is 8.88. The minimum absolute atomic E-state index is 0.0330. The quantitative estimate of drug-likeness (QED) is 0.809. The van der Waals surface area contributed by atoms with Crippen molar-refractivity contribution < 1.29 is 23.8 Å². The fourth-order valence-corrected chi connectivity index (χ4v) is 3.34. The maximum absolute atomic E-state index is 13.8. The Bertz CT molecular complexity index is 814. The van der Waals surface area contributed by atoms with Gasteiger partial charge in [0.25, 0.3) is 0 Å². The Labute approximate surface area is 158 Å². The molecule has 2 aromatic carbocycles. The molecular weight excluding hydrogens is 405 g/mol. The second-order valence-electron chi connectivity index (χ2n) is 6.17. The van der Waals surface area contributed by atoms with Gasteiger partial charge in [-0.3, -0.25) is 4.79 Å². The van der Waals surface area contributed by atoms with Crippen molar-refractivity contribution in [2.75, 3.05) is 13.1 Å². The number of carbonyl (C=O) groups is 2. The molecule has 0 spiro atoms. The second kappa shape index (κ2) is 7.86. The largest absolute Gasteiger partial charge is 0.481 e. The Balaban J connectivity index is 1.71. The Kier molecular flexibility index (Phi) is 5.56. The van der Waals surface area contributed by atoms with Crippen molar-refractivity contribution in [3.8, 4) is 0 Å². The summed E-state index contributed by atoms with van der Waals surface area (Å²) in [5.74, 6) is -2.77. The minimum Gasteiger partial charge on any atom is -0.481 e. The van der Waals surface area contributed by atoms with Crippen molar-refractivity contribution in [3.63, 3.8) is 0 Å². The van der Waals surface area contributed by atoms with Crippen molar-refractivity contribution in [2.24, 2.45) is 5.92 Å². The predicted octanol–water partition coefficient (Wildman–Crippen LogP) is 4.03. The molecule has 7 heteroatoms. The van der Waals surface area contributed by atoms with Crippen LogP contribution in [0, 0.1) is 11.7 Å². The average Bonchev–Trinajstić information content (AvgIpc) is 3.09. The lowest BCUT2D eigenvalue weighted by molar-refractivity contribution is -0.141. The fraction of sp³-hybridized carbons (Fsp3) is 0.263. The number of ether oxygens (including phenoxy) is 1. The van der Waals surface area contributed by atoms with E-state index >= 15 is 0 Å². The van der Waals surface area contributed by atoms with E-state index in [-0.39, 0.29) is 19.7 Å². The van der Waals surface area contributed by atoms with Gasteiger partial charge in [0.1, 0.15) is 12.4 Å². The van der Waals surface area contributed by atoms with Crippen LogP contribution in [-0.2, 0) is 16.1 Å². The van der Waals surface area contributed by atoms with Crippen LogP contribution in [0.15, 0.2) is 53.0 Å². The second-order valence-corrected chi connectivity index (χ2v) is 7.02. The molecule has 2 atom stereocenters. The van der Waals surface area contributed by atoms with E-state index in [0.29, 0.717) is 10.0 Å². The van der Waals surface area contributed by atoms with Crippen molar-refractivity contribution >= 4 is 28.0 Å². The molecule has 26 heavy (non-hydrogen) atoms. The number of benzene rings is 2. The molecule has 1 saturated heterocycles. The van der Waals surface area contributed by atoms with Crippen LogP contribution >= 0.6 is 15.9 Å². The number of carboxylic acid groups (broad SMARTS) is 1. The smallest absolute Gasteiger partial charge is 0.410 e. The first kappa shape index (κ1) is 18.4. The van der Waals surface area contributed by atoms with E-state index in [4.69, 9.17) is 4.74 Å². The summed E-state index contributed by atoms with van der Waals surface area (Å²) in [6.45, 7) is 0.322. The number of amides is 1. The van der Waals surface area contributed by atoms with E-state index < -0.39 is 29.7 Å². The summed E-state index contributed by atoms with van der Waals surface area (Å²) >= 11 is 3.08. The summed E-state index contributed by atoms with van der Waals surface area (Å²) in [6, 6.07) is 13.8. The third-order valence-electron chi connectivity index (χ3n) is 4.47. The van der Waals surface area contributed by atoms with Gasteiger partial charge in [0.2, 0.25) is 0 Å². The molecule has 5 nitrogen and oxygen atoms in total. The van der Waals surface area contributed by atoms with Gasteiger partial charge in [-0.15, -0.1) is 0 Å². The lowest BCUT2D eigenvalue weighted by Gasteiger charge is -2.16. The molecule has 0 aromatic heterocycles. The monoisotopic (exact) mass is 421 g/mol. The van der Waals surface area contributed by atoms with E-state index in [1.54, 1.807) is 12.1 Å². The van der Waals surface area contributed by atoms with Crippen LogP contribution in [0.2, 0.25) is 0 Å². The van der Waals surface area contributed by atoms with Crippen LogP contribution < -0.4 is 0 Å². The molecule has 1 aliphatic heterocycles. The first-order chi connectivity index (χ1) is 12.5. The number of hydrogen-bond donors (Lipinski definition) is 1. The predicted molar refractivity (Wildman–Crippen MR) is 96.2 cm³/mol. The van der Waals surface area contributed by atoms with Crippen LogP contribution in [0.1, 0.15) is 17.0 Å². The van der Waals surface area contributed by atoms with Crippen LogP contribution in [0.5, 0.6) is 0 Å². The zero-order valence-electron chi connectivity index (χ0n) is 13.8. The molecule has 1 heterocycles. The number of hydrogen-bond acceptors (Lipinski definition) is 3. The van der Waals surface area contributed by atoms with E-state index in [0.717, 1.165) is 5.56 Å². The van der Waals surface area contributed by atoms with E-state index in [1.807, 2.05) is 30.3 Å². The van der Waals surface area contributed by atoms with Gasteiger partial charge >= 0.3 is 12.1 Å². The number of halogens is 2. The molecule has 1 fully saturated rings. The van der Waals surface area contributed by atoms with Gasteiger partial charge in [-0.2, -0.15) is 0 Å². The highest BCUT2D eigenvalue weighted by Crippen LogP contribution is 2.34. The van der Waals surface area contributed by atoms with E-state index in [9.17, 15) is 19.1 Å².